The van der Waals surface area contributed by atoms with Crippen molar-refractivity contribution in [1.82, 2.24) is 14.8 Å². The third kappa shape index (κ3) is 4.75. The van der Waals surface area contributed by atoms with E-state index in [1.807, 2.05) is 47.2 Å². The maximum Gasteiger partial charge on any atom is 0.266 e. The normalized spacial score (nSPS) is 19.8. The second-order valence-corrected chi connectivity index (χ2v) is 9.69. The molecule has 2 aliphatic heterocycles. The molecule has 9 heteroatoms. The summed E-state index contributed by atoms with van der Waals surface area (Å²) in [5.41, 5.74) is 1.80. The number of thioether (sulfide) groups is 1. The number of hydrogen-bond acceptors (Lipinski definition) is 6. The fraction of sp³-hybridized carbons (Fsp3) is 0.292. The first-order valence-electron chi connectivity index (χ1n) is 10.8. The molecule has 7 nitrogen and oxygen atoms in total. The first-order chi connectivity index (χ1) is 16.1. The van der Waals surface area contributed by atoms with Gasteiger partial charge in [-0.2, -0.15) is 0 Å². The van der Waals surface area contributed by atoms with Gasteiger partial charge in [0.05, 0.1) is 30.4 Å². The fourth-order valence-corrected chi connectivity index (χ4v) is 5.39. The minimum absolute atomic E-state index is 0.0495. The second-order valence-electron chi connectivity index (χ2n) is 8.01. The Labute approximate surface area is 200 Å². The lowest BCUT2D eigenvalue weighted by molar-refractivity contribution is -0.123. The van der Waals surface area contributed by atoms with E-state index in [0.717, 1.165) is 35.9 Å². The van der Waals surface area contributed by atoms with Gasteiger partial charge in [0.25, 0.3) is 5.91 Å². The van der Waals surface area contributed by atoms with Crippen LogP contribution >= 0.6 is 24.0 Å². The summed E-state index contributed by atoms with van der Waals surface area (Å²) in [4.78, 5) is 27.8. The Morgan fingerprint density at radius 3 is 2.94 bits per heavy atom. The molecule has 2 fully saturated rings. The number of thiocarbonyl (C=S) groups is 1. The van der Waals surface area contributed by atoms with Gasteiger partial charge in [-0.25, -0.2) is 0 Å². The molecule has 1 N–H and O–H groups in total. The summed E-state index contributed by atoms with van der Waals surface area (Å²) in [7, 11) is 0. The lowest BCUT2D eigenvalue weighted by Gasteiger charge is -2.18. The first kappa shape index (κ1) is 21.9. The zero-order valence-electron chi connectivity index (χ0n) is 17.9. The molecule has 2 aromatic heterocycles. The van der Waals surface area contributed by atoms with Crippen LogP contribution in [-0.2, 0) is 27.4 Å². The molecule has 170 valence electrons. The van der Waals surface area contributed by atoms with Crippen molar-refractivity contribution in [2.24, 2.45) is 0 Å². The number of furan rings is 1. The van der Waals surface area contributed by atoms with Gasteiger partial charge in [-0.3, -0.25) is 14.5 Å². The third-order valence-electron chi connectivity index (χ3n) is 5.74. The molecule has 33 heavy (non-hydrogen) atoms. The summed E-state index contributed by atoms with van der Waals surface area (Å²) in [6, 6.07) is 11.4. The molecule has 3 aromatic rings. The molecule has 0 spiro atoms. The molecule has 0 radical (unpaired) electrons. The number of aromatic nitrogens is 1. The van der Waals surface area contributed by atoms with E-state index in [4.69, 9.17) is 21.4 Å². The lowest BCUT2D eigenvalue weighted by atomic mass is 10.1. The standard InChI is InChI=1S/C24H23N3O4S2/c28-22(25-12-17-5-3-9-30-17)15-26-13-16(19-7-1-2-8-20(19)26)11-21-23(29)27(24(32)33-21)14-18-6-4-10-31-18/h1-3,5,7-9,11,13,18H,4,6,10,12,14-15H2,(H,25,28)/b21-11-/t18-/m1/s1. The molecule has 1 atom stereocenters. The number of ether oxygens (including phenoxy) is 1. The maximum absolute atomic E-state index is 13.0. The van der Waals surface area contributed by atoms with E-state index in [-0.39, 0.29) is 24.5 Å². The van der Waals surface area contributed by atoms with Crippen LogP contribution < -0.4 is 5.32 Å². The van der Waals surface area contributed by atoms with Crippen LogP contribution in [0.25, 0.3) is 17.0 Å². The van der Waals surface area contributed by atoms with Crippen molar-refractivity contribution in [3.8, 4) is 0 Å². The van der Waals surface area contributed by atoms with Gasteiger partial charge in [-0.05, 0) is 37.1 Å². The third-order valence-corrected chi connectivity index (χ3v) is 7.12. The molecule has 5 rings (SSSR count). The van der Waals surface area contributed by atoms with Crippen LogP contribution in [0, 0.1) is 0 Å². The Bertz CT molecular complexity index is 1230. The highest BCUT2D eigenvalue weighted by Gasteiger charge is 2.34. The van der Waals surface area contributed by atoms with E-state index in [1.165, 1.54) is 11.8 Å². The highest BCUT2D eigenvalue weighted by molar-refractivity contribution is 8.26. The van der Waals surface area contributed by atoms with Crippen LogP contribution in [0.4, 0.5) is 0 Å². The fourth-order valence-electron chi connectivity index (χ4n) is 4.12. The van der Waals surface area contributed by atoms with Crippen LogP contribution in [-0.4, -0.2) is 44.9 Å². The zero-order chi connectivity index (χ0) is 22.8. The van der Waals surface area contributed by atoms with Crippen molar-refractivity contribution in [3.63, 3.8) is 0 Å². The van der Waals surface area contributed by atoms with Gasteiger partial charge >= 0.3 is 0 Å². The Morgan fingerprint density at radius 2 is 2.15 bits per heavy atom. The maximum atomic E-state index is 13.0. The minimum Gasteiger partial charge on any atom is -0.467 e. The van der Waals surface area contributed by atoms with Gasteiger partial charge in [0.2, 0.25) is 5.91 Å². The summed E-state index contributed by atoms with van der Waals surface area (Å²) in [5, 5.41) is 3.84. The monoisotopic (exact) mass is 481 g/mol. The molecule has 0 bridgehead atoms. The first-order valence-corrected chi connectivity index (χ1v) is 12.0. The van der Waals surface area contributed by atoms with Gasteiger partial charge < -0.3 is 19.0 Å². The second kappa shape index (κ2) is 9.54. The summed E-state index contributed by atoms with van der Waals surface area (Å²) in [5.74, 6) is 0.488. The average molecular weight is 482 g/mol. The van der Waals surface area contributed by atoms with E-state index in [9.17, 15) is 9.59 Å². The minimum atomic E-state index is -0.124. The molecule has 0 saturated carbocycles. The molecule has 4 heterocycles. The predicted octanol–water partition coefficient (Wildman–Crippen LogP) is 3.93. The molecule has 1 aromatic carbocycles. The van der Waals surface area contributed by atoms with E-state index in [0.29, 0.717) is 28.1 Å². The number of hydrogen-bond donors (Lipinski definition) is 1. The number of amides is 2. The van der Waals surface area contributed by atoms with Crippen LogP contribution in [0.2, 0.25) is 0 Å². The summed E-state index contributed by atoms with van der Waals surface area (Å²) >= 11 is 6.79. The highest BCUT2D eigenvalue weighted by Crippen LogP contribution is 2.35. The number of nitrogens with one attached hydrogen (secondary N) is 1. The molecular weight excluding hydrogens is 458 g/mol. The number of fused-ring (bicyclic) bond motifs is 1. The van der Waals surface area contributed by atoms with Crippen LogP contribution in [0.3, 0.4) is 0 Å². The smallest absolute Gasteiger partial charge is 0.266 e. The molecular formula is C24H23N3O4S2. The Kier molecular flexibility index (Phi) is 6.34. The van der Waals surface area contributed by atoms with Gasteiger partial charge in [0.15, 0.2) is 0 Å². The topological polar surface area (TPSA) is 76.7 Å². The van der Waals surface area contributed by atoms with E-state index >= 15 is 0 Å². The van der Waals surface area contributed by atoms with Crippen molar-refractivity contribution < 1.29 is 18.7 Å². The van der Waals surface area contributed by atoms with E-state index < -0.39 is 0 Å². The van der Waals surface area contributed by atoms with Crippen molar-refractivity contribution in [1.29, 1.82) is 0 Å². The highest BCUT2D eigenvalue weighted by atomic mass is 32.2. The van der Waals surface area contributed by atoms with Crippen LogP contribution in [0.5, 0.6) is 0 Å². The quantitative estimate of drug-likeness (QED) is 0.407. The van der Waals surface area contributed by atoms with E-state index in [1.54, 1.807) is 17.2 Å². The largest absolute Gasteiger partial charge is 0.467 e. The Hall–Kier alpha value is -2.88. The lowest BCUT2D eigenvalue weighted by Crippen LogP contribution is -2.35. The average Bonchev–Trinajstić information content (AvgIpc) is 3.61. The number of nitrogens with zero attached hydrogens (tertiary/aromatic N) is 2. The summed E-state index contributed by atoms with van der Waals surface area (Å²) in [6.45, 7) is 1.74. The number of rotatable bonds is 7. The van der Waals surface area contributed by atoms with Gasteiger partial charge in [0, 0.05) is 29.3 Å². The van der Waals surface area contributed by atoms with Gasteiger partial charge in [0.1, 0.15) is 16.6 Å². The van der Waals surface area contributed by atoms with Crippen molar-refractivity contribution >= 4 is 57.1 Å². The number of benzene rings is 1. The Balaban J connectivity index is 1.35. The summed E-state index contributed by atoms with van der Waals surface area (Å²) < 4.78 is 13.4. The summed E-state index contributed by atoms with van der Waals surface area (Å²) in [6.07, 6.45) is 7.37. The number of para-hydroxylation sites is 1. The SMILES string of the molecule is O=C(Cn1cc(/C=C2\SC(=S)N(C[C@H]3CCCO3)C2=O)c2ccccc21)NCc1ccco1. The number of carbonyl (C=O) groups excluding carboxylic acids is 2. The van der Waals surface area contributed by atoms with Crippen LogP contribution in [0.1, 0.15) is 24.2 Å². The van der Waals surface area contributed by atoms with Crippen LogP contribution in [0.15, 0.2) is 58.2 Å². The molecule has 2 saturated heterocycles. The Morgan fingerprint density at radius 1 is 1.27 bits per heavy atom. The van der Waals surface area contributed by atoms with Crippen molar-refractivity contribution in [2.45, 2.75) is 32.0 Å². The van der Waals surface area contributed by atoms with Gasteiger partial charge in [-0.1, -0.05) is 42.2 Å². The van der Waals surface area contributed by atoms with E-state index in [2.05, 4.69) is 5.32 Å². The van der Waals surface area contributed by atoms with Crippen molar-refractivity contribution in [2.75, 3.05) is 13.2 Å². The molecule has 2 amide bonds. The van der Waals surface area contributed by atoms with Gasteiger partial charge in [-0.15, -0.1) is 0 Å². The zero-order valence-corrected chi connectivity index (χ0v) is 19.5. The number of carbonyl (C=O) groups is 2. The molecule has 2 aliphatic rings. The van der Waals surface area contributed by atoms with Crippen molar-refractivity contribution in [3.05, 3.63) is 65.1 Å². The molecule has 0 aliphatic carbocycles. The molecule has 0 unspecified atom stereocenters. The predicted molar refractivity (Wildman–Crippen MR) is 131 cm³/mol.